The molecule has 2 aliphatic rings. The molecule has 0 radical (unpaired) electrons. The highest BCUT2D eigenvalue weighted by Gasteiger charge is 2.45. The monoisotopic (exact) mass is 442 g/mol. The molecule has 0 saturated carbocycles. The van der Waals surface area contributed by atoms with E-state index < -0.39 is 15.6 Å². The van der Waals surface area contributed by atoms with Crippen LogP contribution in [0.1, 0.15) is 0 Å². The maximum atomic E-state index is 13.3. The Labute approximate surface area is 168 Å². The molecular weight excluding hydrogens is 422 g/mol. The SMILES string of the molecule is O=P(OCC1CO1)(Oc1ccccc1)OP(=O)(OCC1CO1)Oc1ccccc1. The second-order valence-electron chi connectivity index (χ2n) is 6.29. The van der Waals surface area contributed by atoms with Crippen LogP contribution in [0.4, 0.5) is 0 Å². The molecule has 0 amide bonds. The molecule has 4 rings (SSSR count). The highest BCUT2D eigenvalue weighted by atomic mass is 31.3. The third-order valence-corrected chi connectivity index (χ3v) is 7.16. The van der Waals surface area contributed by atoms with Crippen molar-refractivity contribution in [2.24, 2.45) is 0 Å². The van der Waals surface area contributed by atoms with Crippen LogP contribution >= 0.6 is 15.6 Å². The Morgan fingerprint density at radius 3 is 1.45 bits per heavy atom. The van der Waals surface area contributed by atoms with E-state index in [0.29, 0.717) is 13.2 Å². The van der Waals surface area contributed by atoms with E-state index in [1.165, 1.54) is 0 Å². The van der Waals surface area contributed by atoms with Gasteiger partial charge in [0, 0.05) is 0 Å². The van der Waals surface area contributed by atoms with Crippen molar-refractivity contribution in [1.29, 1.82) is 0 Å². The first-order valence-corrected chi connectivity index (χ1v) is 11.9. The molecule has 29 heavy (non-hydrogen) atoms. The van der Waals surface area contributed by atoms with Gasteiger partial charge in [0.2, 0.25) is 0 Å². The summed E-state index contributed by atoms with van der Waals surface area (Å²) >= 11 is 0. The van der Waals surface area contributed by atoms with Crippen LogP contribution in [0.15, 0.2) is 60.7 Å². The number of phosphoric acid groups is 2. The zero-order valence-electron chi connectivity index (χ0n) is 15.3. The van der Waals surface area contributed by atoms with Gasteiger partial charge in [-0.1, -0.05) is 36.4 Å². The fourth-order valence-corrected chi connectivity index (χ4v) is 5.34. The molecule has 0 spiro atoms. The van der Waals surface area contributed by atoms with Gasteiger partial charge in [-0.05, 0) is 24.3 Å². The van der Waals surface area contributed by atoms with Gasteiger partial charge in [0.1, 0.15) is 23.7 Å². The number of hydrogen-bond acceptors (Lipinski definition) is 9. The van der Waals surface area contributed by atoms with Crippen LogP contribution in [0, 0.1) is 0 Å². The minimum Gasteiger partial charge on any atom is -0.404 e. The summed E-state index contributed by atoms with van der Waals surface area (Å²) < 4.78 is 63.5. The van der Waals surface area contributed by atoms with Gasteiger partial charge < -0.3 is 18.5 Å². The van der Waals surface area contributed by atoms with Gasteiger partial charge in [-0.15, -0.1) is 0 Å². The Bertz CT molecular complexity index is 811. The molecule has 2 saturated heterocycles. The maximum Gasteiger partial charge on any atom is 0.539 e. The Hall–Kier alpha value is -1.70. The minimum absolute atomic E-state index is 0.0544. The number of hydrogen-bond donors (Lipinski definition) is 0. The number of rotatable bonds is 12. The van der Waals surface area contributed by atoms with E-state index in [2.05, 4.69) is 0 Å². The summed E-state index contributed by atoms with van der Waals surface area (Å²) in [5.74, 6) is 0.425. The standard InChI is InChI=1S/C18H20O9P2/c19-28(23-13-17-11-21-17,25-15-7-3-1-4-8-15)27-29(20,24-14-18-12-22-18)26-16-9-5-2-6-10-16/h1-10,17-18H,11-14H2. The lowest BCUT2D eigenvalue weighted by Crippen LogP contribution is -2.11. The van der Waals surface area contributed by atoms with Gasteiger partial charge in [0.05, 0.1) is 26.4 Å². The third kappa shape index (κ3) is 6.66. The zero-order chi connectivity index (χ0) is 20.2. The molecule has 4 unspecified atom stereocenters. The molecule has 0 bridgehead atoms. The fraction of sp³-hybridized carbons (Fsp3) is 0.333. The molecular formula is C18H20O9P2. The smallest absolute Gasteiger partial charge is 0.404 e. The Morgan fingerprint density at radius 1 is 0.724 bits per heavy atom. The maximum absolute atomic E-state index is 13.3. The second kappa shape index (κ2) is 8.98. The van der Waals surface area contributed by atoms with E-state index in [0.717, 1.165) is 0 Å². The first-order valence-electron chi connectivity index (χ1n) is 8.95. The molecule has 9 nitrogen and oxygen atoms in total. The van der Waals surface area contributed by atoms with Crippen molar-refractivity contribution in [3.05, 3.63) is 60.7 Å². The molecule has 156 valence electrons. The molecule has 4 atom stereocenters. The summed E-state index contributed by atoms with van der Waals surface area (Å²) in [6, 6.07) is 16.5. The predicted molar refractivity (Wildman–Crippen MR) is 102 cm³/mol. The number of para-hydroxylation sites is 2. The van der Waals surface area contributed by atoms with Gasteiger partial charge in [-0.25, -0.2) is 9.13 Å². The van der Waals surface area contributed by atoms with Crippen LogP contribution in [0.2, 0.25) is 0 Å². The third-order valence-electron chi connectivity index (χ3n) is 3.76. The number of ether oxygens (including phenoxy) is 2. The lowest BCUT2D eigenvalue weighted by atomic mass is 10.3. The van der Waals surface area contributed by atoms with Crippen molar-refractivity contribution in [2.45, 2.75) is 12.2 Å². The van der Waals surface area contributed by atoms with E-state index in [9.17, 15) is 9.13 Å². The fourth-order valence-electron chi connectivity index (χ4n) is 2.15. The summed E-state index contributed by atoms with van der Waals surface area (Å²) in [5.41, 5.74) is 0. The summed E-state index contributed by atoms with van der Waals surface area (Å²) in [4.78, 5) is 0. The van der Waals surface area contributed by atoms with Crippen molar-refractivity contribution < 1.29 is 41.0 Å². The van der Waals surface area contributed by atoms with Gasteiger partial charge in [-0.3, -0.25) is 9.05 Å². The van der Waals surface area contributed by atoms with Crippen LogP contribution < -0.4 is 9.05 Å². The summed E-state index contributed by atoms with van der Waals surface area (Å²) in [7, 11) is -8.77. The topological polar surface area (TPSA) is 105 Å². The molecule has 11 heteroatoms. The number of phosphoric ester groups is 2. The zero-order valence-corrected chi connectivity index (χ0v) is 17.1. The number of epoxide rings is 2. The van der Waals surface area contributed by atoms with Crippen LogP contribution in [0.25, 0.3) is 0 Å². The van der Waals surface area contributed by atoms with Gasteiger partial charge >= 0.3 is 15.6 Å². The molecule has 2 aromatic carbocycles. The van der Waals surface area contributed by atoms with Crippen molar-refractivity contribution in [1.82, 2.24) is 0 Å². The lowest BCUT2D eigenvalue weighted by Gasteiger charge is -2.23. The molecule has 2 fully saturated rings. The van der Waals surface area contributed by atoms with Gasteiger partial charge in [-0.2, -0.15) is 4.31 Å². The Morgan fingerprint density at radius 2 is 1.10 bits per heavy atom. The quantitative estimate of drug-likeness (QED) is 0.353. The van der Waals surface area contributed by atoms with E-state index in [1.54, 1.807) is 60.7 Å². The first kappa shape index (κ1) is 20.6. The molecule has 2 aromatic rings. The van der Waals surface area contributed by atoms with Crippen LogP contribution in [0.3, 0.4) is 0 Å². The highest BCUT2D eigenvalue weighted by Crippen LogP contribution is 2.65. The molecule has 0 N–H and O–H groups in total. The van der Waals surface area contributed by atoms with Crippen LogP contribution in [-0.2, 0) is 32.0 Å². The average Bonchev–Trinajstić information content (AvgIpc) is 3.62. The summed E-state index contributed by atoms with van der Waals surface area (Å²) in [6.07, 6.45) is -0.442. The highest BCUT2D eigenvalue weighted by molar-refractivity contribution is 7.62. The van der Waals surface area contributed by atoms with E-state index >= 15 is 0 Å². The Kier molecular flexibility index (Phi) is 6.37. The van der Waals surface area contributed by atoms with Crippen molar-refractivity contribution in [2.75, 3.05) is 26.4 Å². The normalized spacial score (nSPS) is 24.1. The van der Waals surface area contributed by atoms with Crippen molar-refractivity contribution >= 4 is 15.6 Å². The van der Waals surface area contributed by atoms with E-state index in [4.69, 9.17) is 31.9 Å². The van der Waals surface area contributed by atoms with Crippen molar-refractivity contribution in [3.8, 4) is 11.5 Å². The predicted octanol–water partition coefficient (Wildman–Crippen LogP) is 4.21. The van der Waals surface area contributed by atoms with Crippen LogP contribution in [0.5, 0.6) is 11.5 Å². The average molecular weight is 442 g/mol. The minimum atomic E-state index is -4.39. The van der Waals surface area contributed by atoms with Gasteiger partial charge in [0.15, 0.2) is 0 Å². The molecule has 2 heterocycles. The lowest BCUT2D eigenvalue weighted by molar-refractivity contribution is 0.148. The summed E-state index contributed by atoms with van der Waals surface area (Å²) in [5, 5.41) is 0. The number of benzene rings is 2. The van der Waals surface area contributed by atoms with Crippen LogP contribution in [-0.4, -0.2) is 38.6 Å². The van der Waals surface area contributed by atoms with E-state index in [-0.39, 0.29) is 36.9 Å². The second-order valence-corrected chi connectivity index (χ2v) is 9.61. The Balaban J connectivity index is 1.53. The molecule has 0 aliphatic carbocycles. The summed E-state index contributed by atoms with van der Waals surface area (Å²) in [6.45, 7) is 0.834. The van der Waals surface area contributed by atoms with Crippen molar-refractivity contribution in [3.63, 3.8) is 0 Å². The van der Waals surface area contributed by atoms with E-state index in [1.807, 2.05) is 0 Å². The molecule has 2 aliphatic heterocycles. The first-order chi connectivity index (χ1) is 14.0. The largest absolute Gasteiger partial charge is 0.539 e. The molecule has 0 aromatic heterocycles. The van der Waals surface area contributed by atoms with Gasteiger partial charge in [0.25, 0.3) is 0 Å².